The fourth-order valence-corrected chi connectivity index (χ4v) is 4.13. The number of rotatable bonds is 9. The average Bonchev–Trinajstić information content (AvgIpc) is 2.83. The molecule has 0 aliphatic carbocycles. The lowest BCUT2D eigenvalue weighted by Crippen LogP contribution is -2.36. The summed E-state index contributed by atoms with van der Waals surface area (Å²) < 4.78 is 11.8. The van der Waals surface area contributed by atoms with E-state index in [9.17, 15) is 4.79 Å². The van der Waals surface area contributed by atoms with Gasteiger partial charge in [-0.3, -0.25) is 4.79 Å². The lowest BCUT2D eigenvalue weighted by Gasteiger charge is -2.22. The van der Waals surface area contributed by atoms with Crippen LogP contribution in [0.15, 0.2) is 85.5 Å². The van der Waals surface area contributed by atoms with Gasteiger partial charge in [-0.05, 0) is 75.6 Å². The molecule has 0 aliphatic heterocycles. The molecule has 0 saturated carbocycles. The SMILES string of the molecule is C=C(c1cccc(OC)c1)C(Cc1cccc(OC)c1I)NC(=O)/C=C/c1ccccc1. The quantitative estimate of drug-likeness (QED) is 0.278. The maximum absolute atomic E-state index is 12.8. The second-order valence-corrected chi connectivity index (χ2v) is 8.28. The van der Waals surface area contributed by atoms with E-state index < -0.39 is 0 Å². The van der Waals surface area contributed by atoms with Crippen LogP contribution in [0, 0.1) is 3.57 Å². The average molecular weight is 539 g/mol. The van der Waals surface area contributed by atoms with Crippen LogP contribution in [0.1, 0.15) is 16.7 Å². The van der Waals surface area contributed by atoms with Crippen LogP contribution >= 0.6 is 22.6 Å². The van der Waals surface area contributed by atoms with Crippen LogP contribution in [0.5, 0.6) is 11.5 Å². The molecule has 3 aromatic carbocycles. The van der Waals surface area contributed by atoms with E-state index in [-0.39, 0.29) is 11.9 Å². The molecule has 3 rings (SSSR count). The van der Waals surface area contributed by atoms with E-state index in [2.05, 4.69) is 34.5 Å². The van der Waals surface area contributed by atoms with Crippen LogP contribution in [0.3, 0.4) is 0 Å². The van der Waals surface area contributed by atoms with Crippen LogP contribution in [0.25, 0.3) is 11.6 Å². The predicted molar refractivity (Wildman–Crippen MR) is 139 cm³/mol. The summed E-state index contributed by atoms with van der Waals surface area (Å²) >= 11 is 2.28. The number of hydrogen-bond donors (Lipinski definition) is 1. The molecule has 4 nitrogen and oxygen atoms in total. The summed E-state index contributed by atoms with van der Waals surface area (Å²) in [5, 5.41) is 3.13. The number of nitrogens with one attached hydrogen (secondary N) is 1. The molecule has 0 fully saturated rings. The van der Waals surface area contributed by atoms with E-state index in [4.69, 9.17) is 9.47 Å². The Morgan fingerprint density at radius 3 is 2.50 bits per heavy atom. The minimum Gasteiger partial charge on any atom is -0.497 e. The van der Waals surface area contributed by atoms with Crippen LogP contribution in [0.4, 0.5) is 0 Å². The van der Waals surface area contributed by atoms with Gasteiger partial charge >= 0.3 is 0 Å². The Balaban J connectivity index is 1.87. The lowest BCUT2D eigenvalue weighted by atomic mass is 9.94. The maximum Gasteiger partial charge on any atom is 0.244 e. The highest BCUT2D eigenvalue weighted by Gasteiger charge is 2.19. The van der Waals surface area contributed by atoms with Crippen LogP contribution in [-0.4, -0.2) is 26.2 Å². The number of benzene rings is 3. The zero-order valence-corrected chi connectivity index (χ0v) is 20.3. The molecule has 1 amide bonds. The number of halogens is 1. The molecule has 32 heavy (non-hydrogen) atoms. The van der Waals surface area contributed by atoms with Gasteiger partial charge in [-0.1, -0.05) is 61.2 Å². The van der Waals surface area contributed by atoms with E-state index in [0.29, 0.717) is 6.42 Å². The molecule has 0 radical (unpaired) electrons. The van der Waals surface area contributed by atoms with Gasteiger partial charge in [0.15, 0.2) is 0 Å². The van der Waals surface area contributed by atoms with Gasteiger partial charge in [0.2, 0.25) is 5.91 Å². The first-order valence-corrected chi connectivity index (χ1v) is 11.3. The highest BCUT2D eigenvalue weighted by atomic mass is 127. The van der Waals surface area contributed by atoms with Crippen molar-refractivity contribution in [3.8, 4) is 11.5 Å². The van der Waals surface area contributed by atoms with Crippen molar-refractivity contribution >= 4 is 40.1 Å². The summed E-state index contributed by atoms with van der Waals surface area (Å²) in [4.78, 5) is 12.8. The Labute approximate surface area is 203 Å². The largest absolute Gasteiger partial charge is 0.497 e. The molecular formula is C27H26INO3. The second kappa shape index (κ2) is 11.5. The van der Waals surface area contributed by atoms with E-state index >= 15 is 0 Å². The zero-order valence-electron chi connectivity index (χ0n) is 18.2. The van der Waals surface area contributed by atoms with Crippen molar-refractivity contribution in [1.82, 2.24) is 5.32 Å². The molecule has 0 aromatic heterocycles. The summed E-state index contributed by atoms with van der Waals surface area (Å²) in [5.41, 5.74) is 3.77. The summed E-state index contributed by atoms with van der Waals surface area (Å²) in [7, 11) is 3.29. The van der Waals surface area contributed by atoms with Crippen LogP contribution in [0.2, 0.25) is 0 Å². The van der Waals surface area contributed by atoms with E-state index in [1.807, 2.05) is 72.8 Å². The van der Waals surface area contributed by atoms with Crippen molar-refractivity contribution in [2.24, 2.45) is 0 Å². The van der Waals surface area contributed by atoms with Gasteiger partial charge in [0, 0.05) is 6.08 Å². The Hall–Kier alpha value is -3.06. The zero-order chi connectivity index (χ0) is 22.9. The number of amides is 1. The molecule has 1 N–H and O–H groups in total. The fraction of sp³-hybridized carbons (Fsp3) is 0.148. The maximum atomic E-state index is 12.8. The molecule has 0 bridgehead atoms. The third-order valence-corrected chi connectivity index (χ3v) is 6.32. The molecule has 0 saturated heterocycles. The monoisotopic (exact) mass is 539 g/mol. The first kappa shape index (κ1) is 23.6. The van der Waals surface area contributed by atoms with Crippen molar-refractivity contribution in [3.63, 3.8) is 0 Å². The first-order chi connectivity index (χ1) is 15.5. The molecule has 164 valence electrons. The van der Waals surface area contributed by atoms with Crippen molar-refractivity contribution < 1.29 is 14.3 Å². The summed E-state index contributed by atoms with van der Waals surface area (Å²) in [5.74, 6) is 1.37. The third-order valence-electron chi connectivity index (χ3n) is 5.09. The van der Waals surface area contributed by atoms with Gasteiger partial charge in [-0.15, -0.1) is 0 Å². The molecule has 1 atom stereocenters. The smallest absolute Gasteiger partial charge is 0.244 e. The van der Waals surface area contributed by atoms with Gasteiger partial charge < -0.3 is 14.8 Å². The highest BCUT2D eigenvalue weighted by molar-refractivity contribution is 14.1. The normalized spacial score (nSPS) is 11.7. The van der Waals surface area contributed by atoms with Crippen LogP contribution < -0.4 is 14.8 Å². The Kier molecular flexibility index (Phi) is 8.50. The van der Waals surface area contributed by atoms with E-state index in [1.54, 1.807) is 26.4 Å². The van der Waals surface area contributed by atoms with E-state index in [1.165, 1.54) is 0 Å². The Morgan fingerprint density at radius 1 is 1.03 bits per heavy atom. The molecule has 3 aromatic rings. The number of ether oxygens (including phenoxy) is 2. The van der Waals surface area contributed by atoms with Gasteiger partial charge in [0.05, 0.1) is 23.8 Å². The predicted octanol–water partition coefficient (Wildman–Crippen LogP) is 5.76. The molecule has 0 heterocycles. The molecule has 1 unspecified atom stereocenters. The Bertz CT molecular complexity index is 1110. The molecular weight excluding hydrogens is 513 g/mol. The minimum atomic E-state index is -0.310. The van der Waals surface area contributed by atoms with Crippen molar-refractivity contribution in [2.75, 3.05) is 14.2 Å². The lowest BCUT2D eigenvalue weighted by molar-refractivity contribution is -0.116. The number of carbonyl (C=O) groups is 1. The first-order valence-electron chi connectivity index (χ1n) is 10.2. The van der Waals surface area contributed by atoms with Crippen molar-refractivity contribution in [2.45, 2.75) is 12.5 Å². The standard InChI is InChI=1S/C27H26INO3/c1-19(21-11-7-13-23(17-21)31-2)24(18-22-12-8-14-25(32-3)27(22)28)29-26(30)16-15-20-9-5-4-6-10-20/h4-17,24H,1,18H2,2-3H3,(H,29,30)/b16-15+. The van der Waals surface area contributed by atoms with Gasteiger partial charge in [0.25, 0.3) is 0 Å². The van der Waals surface area contributed by atoms with Gasteiger partial charge in [-0.2, -0.15) is 0 Å². The van der Waals surface area contributed by atoms with Crippen molar-refractivity contribution in [3.05, 3.63) is 106 Å². The Morgan fingerprint density at radius 2 is 1.78 bits per heavy atom. The second-order valence-electron chi connectivity index (χ2n) is 7.20. The van der Waals surface area contributed by atoms with E-state index in [0.717, 1.165) is 37.3 Å². The highest BCUT2D eigenvalue weighted by Crippen LogP contribution is 2.28. The third kappa shape index (κ3) is 6.23. The van der Waals surface area contributed by atoms with Crippen LogP contribution in [-0.2, 0) is 11.2 Å². The minimum absolute atomic E-state index is 0.180. The molecule has 0 aliphatic rings. The number of methoxy groups -OCH3 is 2. The molecule has 5 heteroatoms. The molecule has 0 spiro atoms. The topological polar surface area (TPSA) is 47.6 Å². The van der Waals surface area contributed by atoms with Gasteiger partial charge in [-0.25, -0.2) is 0 Å². The summed E-state index contributed by atoms with van der Waals surface area (Å²) in [6.45, 7) is 4.31. The summed E-state index contributed by atoms with van der Waals surface area (Å²) in [6, 6.07) is 23.1. The fourth-order valence-electron chi connectivity index (χ4n) is 3.33. The number of hydrogen-bond acceptors (Lipinski definition) is 3. The summed E-state index contributed by atoms with van der Waals surface area (Å²) in [6.07, 6.45) is 3.93. The van der Waals surface area contributed by atoms with Gasteiger partial charge in [0.1, 0.15) is 11.5 Å². The number of carbonyl (C=O) groups excluding carboxylic acids is 1. The van der Waals surface area contributed by atoms with Crippen molar-refractivity contribution in [1.29, 1.82) is 0 Å².